The van der Waals surface area contributed by atoms with E-state index in [1.165, 1.54) is 12.1 Å². The Labute approximate surface area is 163 Å². The van der Waals surface area contributed by atoms with Crippen LogP contribution in [-0.4, -0.2) is 44.7 Å². The van der Waals surface area contributed by atoms with Gasteiger partial charge in [-0.2, -0.15) is 0 Å². The first-order valence-electron chi connectivity index (χ1n) is 8.65. The summed E-state index contributed by atoms with van der Waals surface area (Å²) in [7, 11) is -2.29. The number of aromatic nitrogens is 1. The van der Waals surface area contributed by atoms with Crippen LogP contribution in [0.2, 0.25) is 0 Å². The summed E-state index contributed by atoms with van der Waals surface area (Å²) in [4.78, 5) is 27.7. The predicted octanol–water partition coefficient (Wildman–Crippen LogP) is 1.96. The molecule has 1 aromatic heterocycles. The van der Waals surface area contributed by atoms with Crippen LogP contribution >= 0.6 is 0 Å². The number of benzene rings is 1. The molecule has 0 unspecified atom stereocenters. The first-order valence-corrected chi connectivity index (χ1v) is 10.3. The number of pyridine rings is 1. The first-order chi connectivity index (χ1) is 13.3. The highest BCUT2D eigenvalue weighted by Crippen LogP contribution is 2.12. The minimum atomic E-state index is -3.83. The largest absolute Gasteiger partial charge is 0.497 e. The molecule has 0 saturated heterocycles. The number of aryl methyl sites for hydroxylation is 1. The molecule has 2 aromatic rings. The lowest BCUT2D eigenvalue weighted by Crippen LogP contribution is -2.33. The summed E-state index contributed by atoms with van der Waals surface area (Å²) in [5.41, 5.74) is 0.877. The van der Waals surface area contributed by atoms with E-state index in [2.05, 4.69) is 4.98 Å². The quantitative estimate of drug-likeness (QED) is 0.634. The average molecular weight is 406 g/mol. The van der Waals surface area contributed by atoms with Crippen molar-refractivity contribution >= 4 is 21.9 Å². The molecule has 1 N–H and O–H groups in total. The Morgan fingerprint density at radius 1 is 1.11 bits per heavy atom. The van der Waals surface area contributed by atoms with Crippen molar-refractivity contribution in [2.24, 2.45) is 0 Å². The summed E-state index contributed by atoms with van der Waals surface area (Å²) in [5, 5.41) is 0. The van der Waals surface area contributed by atoms with Gasteiger partial charge in [-0.25, -0.2) is 22.9 Å². The third-order valence-corrected chi connectivity index (χ3v) is 4.98. The standard InChI is InChI=1S/C19H22N2O6S/c1-3-11-27-19(23)17-9-6-15(13-20-17)18(22)21-28(24,25)12-10-14-4-7-16(26-2)8-5-14/h4-9,13H,3,10-12H2,1-2H3,(H,21,22). The number of methoxy groups -OCH3 is 1. The molecule has 0 bridgehead atoms. The first kappa shape index (κ1) is 21.4. The summed E-state index contributed by atoms with van der Waals surface area (Å²) in [6.07, 6.45) is 2.06. The molecule has 0 aliphatic heterocycles. The van der Waals surface area contributed by atoms with Gasteiger partial charge in [0.25, 0.3) is 5.91 Å². The van der Waals surface area contributed by atoms with E-state index in [-0.39, 0.29) is 30.0 Å². The zero-order valence-electron chi connectivity index (χ0n) is 15.7. The number of ether oxygens (including phenoxy) is 2. The molecule has 0 saturated carbocycles. The fourth-order valence-electron chi connectivity index (χ4n) is 2.21. The molecule has 1 heterocycles. The molecule has 9 heteroatoms. The molecular formula is C19H22N2O6S. The van der Waals surface area contributed by atoms with Gasteiger partial charge in [0.2, 0.25) is 10.0 Å². The third kappa shape index (κ3) is 6.34. The van der Waals surface area contributed by atoms with Crippen molar-refractivity contribution in [3.05, 3.63) is 59.4 Å². The molecule has 2 rings (SSSR count). The van der Waals surface area contributed by atoms with E-state index in [0.717, 1.165) is 11.8 Å². The lowest BCUT2D eigenvalue weighted by molar-refractivity contribution is 0.0497. The second-order valence-electron chi connectivity index (χ2n) is 5.92. The highest BCUT2D eigenvalue weighted by molar-refractivity contribution is 7.90. The van der Waals surface area contributed by atoms with Crippen molar-refractivity contribution in [2.45, 2.75) is 19.8 Å². The summed E-state index contributed by atoms with van der Waals surface area (Å²) in [6.45, 7) is 2.14. The van der Waals surface area contributed by atoms with Crippen LogP contribution in [0.1, 0.15) is 39.8 Å². The van der Waals surface area contributed by atoms with E-state index in [0.29, 0.717) is 12.2 Å². The van der Waals surface area contributed by atoms with E-state index >= 15 is 0 Å². The van der Waals surface area contributed by atoms with Gasteiger partial charge in [-0.05, 0) is 42.7 Å². The van der Waals surface area contributed by atoms with E-state index in [1.54, 1.807) is 31.4 Å². The van der Waals surface area contributed by atoms with Crippen molar-refractivity contribution in [2.75, 3.05) is 19.5 Å². The fourth-order valence-corrected chi connectivity index (χ4v) is 3.22. The number of sulfonamides is 1. The van der Waals surface area contributed by atoms with E-state index in [9.17, 15) is 18.0 Å². The number of hydrogen-bond acceptors (Lipinski definition) is 7. The lowest BCUT2D eigenvalue weighted by Gasteiger charge is -2.08. The molecule has 0 aliphatic rings. The summed E-state index contributed by atoms with van der Waals surface area (Å²) >= 11 is 0. The molecule has 0 aliphatic carbocycles. The molecule has 1 aromatic carbocycles. The molecule has 0 radical (unpaired) electrons. The van der Waals surface area contributed by atoms with Crippen LogP contribution in [0.25, 0.3) is 0 Å². The number of esters is 1. The van der Waals surface area contributed by atoms with Crippen LogP contribution in [-0.2, 0) is 21.2 Å². The van der Waals surface area contributed by atoms with Gasteiger partial charge in [0.1, 0.15) is 11.4 Å². The number of carbonyl (C=O) groups is 2. The van der Waals surface area contributed by atoms with Crippen molar-refractivity contribution < 1.29 is 27.5 Å². The molecule has 150 valence electrons. The predicted molar refractivity (Wildman–Crippen MR) is 103 cm³/mol. The van der Waals surface area contributed by atoms with Gasteiger partial charge in [-0.15, -0.1) is 0 Å². The number of amides is 1. The Kier molecular flexibility index (Phi) is 7.51. The number of carbonyl (C=O) groups excluding carboxylic acids is 2. The molecule has 8 nitrogen and oxygen atoms in total. The summed E-state index contributed by atoms with van der Waals surface area (Å²) in [5.74, 6) is -0.981. The minimum Gasteiger partial charge on any atom is -0.497 e. The average Bonchev–Trinajstić information content (AvgIpc) is 2.70. The normalized spacial score (nSPS) is 10.9. The van der Waals surface area contributed by atoms with Gasteiger partial charge in [0, 0.05) is 6.20 Å². The summed E-state index contributed by atoms with van der Waals surface area (Å²) in [6, 6.07) is 9.63. The van der Waals surface area contributed by atoms with Gasteiger partial charge in [0.15, 0.2) is 0 Å². The van der Waals surface area contributed by atoms with Gasteiger partial charge < -0.3 is 9.47 Å². The van der Waals surface area contributed by atoms with Gasteiger partial charge >= 0.3 is 5.97 Å². The highest BCUT2D eigenvalue weighted by atomic mass is 32.2. The number of nitrogens with zero attached hydrogens (tertiary/aromatic N) is 1. The van der Waals surface area contributed by atoms with Gasteiger partial charge in [-0.3, -0.25) is 4.79 Å². The fraction of sp³-hybridized carbons (Fsp3) is 0.316. The van der Waals surface area contributed by atoms with Crippen molar-refractivity contribution in [3.63, 3.8) is 0 Å². The minimum absolute atomic E-state index is 0.0278. The van der Waals surface area contributed by atoms with Crippen LogP contribution in [0, 0.1) is 0 Å². The number of hydrogen-bond donors (Lipinski definition) is 1. The highest BCUT2D eigenvalue weighted by Gasteiger charge is 2.17. The van der Waals surface area contributed by atoms with E-state index in [1.807, 2.05) is 11.6 Å². The SMILES string of the molecule is CCCOC(=O)c1ccc(C(=O)NS(=O)(=O)CCc2ccc(OC)cc2)cn1. The number of nitrogens with one attached hydrogen (secondary N) is 1. The van der Waals surface area contributed by atoms with Crippen LogP contribution in [0.15, 0.2) is 42.6 Å². The van der Waals surface area contributed by atoms with Gasteiger partial charge in [0.05, 0.1) is 25.0 Å². The van der Waals surface area contributed by atoms with Gasteiger partial charge in [-0.1, -0.05) is 19.1 Å². The van der Waals surface area contributed by atoms with E-state index in [4.69, 9.17) is 9.47 Å². The van der Waals surface area contributed by atoms with E-state index < -0.39 is 21.9 Å². The molecule has 1 amide bonds. The monoisotopic (exact) mass is 406 g/mol. The maximum Gasteiger partial charge on any atom is 0.356 e. The maximum atomic E-state index is 12.2. The zero-order chi connectivity index (χ0) is 20.6. The Balaban J connectivity index is 1.93. The zero-order valence-corrected chi connectivity index (χ0v) is 16.5. The summed E-state index contributed by atoms with van der Waals surface area (Å²) < 4.78 is 36.3. The van der Waals surface area contributed by atoms with Crippen LogP contribution in [0.3, 0.4) is 0 Å². The van der Waals surface area contributed by atoms with Crippen LogP contribution < -0.4 is 9.46 Å². The third-order valence-electron chi connectivity index (χ3n) is 3.74. The smallest absolute Gasteiger partial charge is 0.356 e. The molecule has 0 atom stereocenters. The van der Waals surface area contributed by atoms with Crippen LogP contribution in [0.4, 0.5) is 0 Å². The Bertz CT molecular complexity index is 908. The van der Waals surface area contributed by atoms with Crippen molar-refractivity contribution in [1.29, 1.82) is 0 Å². The Hall–Kier alpha value is -2.94. The Morgan fingerprint density at radius 2 is 1.82 bits per heavy atom. The molecule has 28 heavy (non-hydrogen) atoms. The number of rotatable bonds is 9. The molecular weight excluding hydrogens is 384 g/mol. The Morgan fingerprint density at radius 3 is 2.39 bits per heavy atom. The lowest BCUT2D eigenvalue weighted by atomic mass is 10.2. The second kappa shape index (κ2) is 9.84. The van der Waals surface area contributed by atoms with Crippen LogP contribution in [0.5, 0.6) is 5.75 Å². The molecule has 0 fully saturated rings. The molecule has 0 spiro atoms. The maximum absolute atomic E-state index is 12.2. The second-order valence-corrected chi connectivity index (χ2v) is 7.76. The topological polar surface area (TPSA) is 112 Å². The van der Waals surface area contributed by atoms with Crippen molar-refractivity contribution in [1.82, 2.24) is 9.71 Å². The van der Waals surface area contributed by atoms with Crippen molar-refractivity contribution in [3.8, 4) is 5.75 Å².